The number of nitrogens with two attached hydrogens (primary N) is 1. The minimum absolute atomic E-state index is 0.517. The molecule has 2 rings (SSSR count). The van der Waals surface area contributed by atoms with E-state index in [0.29, 0.717) is 11.6 Å². The molecule has 0 aliphatic carbocycles. The molecule has 4 nitrogen and oxygen atoms in total. The van der Waals surface area contributed by atoms with Gasteiger partial charge < -0.3 is 20.3 Å². The number of para-hydroxylation sites is 2. The highest BCUT2D eigenvalue weighted by Gasteiger charge is 2.16. The van der Waals surface area contributed by atoms with Gasteiger partial charge in [0.05, 0.1) is 12.3 Å². The van der Waals surface area contributed by atoms with Crippen molar-refractivity contribution in [3.05, 3.63) is 24.3 Å². The van der Waals surface area contributed by atoms with Crippen molar-refractivity contribution in [3.63, 3.8) is 0 Å². The quantitative estimate of drug-likeness (QED) is 0.818. The summed E-state index contributed by atoms with van der Waals surface area (Å²) in [6.45, 7) is 8.71. The van der Waals surface area contributed by atoms with Crippen LogP contribution in [0.25, 0.3) is 0 Å². The van der Waals surface area contributed by atoms with Crippen molar-refractivity contribution in [1.82, 2.24) is 9.80 Å². The average Bonchev–Trinajstić information content (AvgIpc) is 2.40. The van der Waals surface area contributed by atoms with Gasteiger partial charge in [-0.25, -0.2) is 0 Å². The molecule has 1 aliphatic heterocycles. The largest absolute Gasteiger partial charge is 0.491 e. The highest BCUT2D eigenvalue weighted by molar-refractivity contribution is 5.51. The third kappa shape index (κ3) is 4.40. The number of piperazine rings is 1. The van der Waals surface area contributed by atoms with E-state index in [1.165, 1.54) is 13.1 Å². The Morgan fingerprint density at radius 1 is 1.21 bits per heavy atom. The van der Waals surface area contributed by atoms with Crippen LogP contribution in [0.15, 0.2) is 24.3 Å². The Bertz CT molecular complexity index is 389. The highest BCUT2D eigenvalue weighted by Crippen LogP contribution is 2.20. The van der Waals surface area contributed by atoms with Crippen LogP contribution in [0.2, 0.25) is 0 Å². The maximum atomic E-state index is 5.87. The minimum atomic E-state index is 0.517. The van der Waals surface area contributed by atoms with Gasteiger partial charge in [0.2, 0.25) is 0 Å². The van der Waals surface area contributed by atoms with Crippen molar-refractivity contribution >= 4 is 5.69 Å². The summed E-state index contributed by atoms with van der Waals surface area (Å²) >= 11 is 0. The molecule has 1 atom stereocenters. The second kappa shape index (κ2) is 6.78. The second-order valence-electron chi connectivity index (χ2n) is 5.56. The Morgan fingerprint density at radius 3 is 2.58 bits per heavy atom. The van der Waals surface area contributed by atoms with Crippen molar-refractivity contribution in [2.75, 3.05) is 52.1 Å². The first-order valence-corrected chi connectivity index (χ1v) is 7.03. The van der Waals surface area contributed by atoms with Crippen LogP contribution in [0.3, 0.4) is 0 Å². The van der Waals surface area contributed by atoms with E-state index >= 15 is 0 Å². The van der Waals surface area contributed by atoms with E-state index in [1.54, 1.807) is 0 Å². The van der Waals surface area contributed by atoms with Gasteiger partial charge in [0.15, 0.2) is 0 Å². The summed E-state index contributed by atoms with van der Waals surface area (Å²) in [7, 11) is 2.18. The third-order valence-electron chi connectivity index (χ3n) is 3.61. The van der Waals surface area contributed by atoms with Crippen LogP contribution in [-0.2, 0) is 0 Å². The standard InChI is InChI=1S/C15H25N3O/c1-13(11-18-9-7-17(2)8-10-18)12-19-15-6-4-3-5-14(15)16/h3-6,13H,7-12,16H2,1-2H3. The molecule has 0 bridgehead atoms. The normalized spacial score (nSPS) is 19.3. The van der Waals surface area contributed by atoms with Crippen molar-refractivity contribution < 1.29 is 4.74 Å². The molecule has 4 heteroatoms. The van der Waals surface area contributed by atoms with E-state index < -0.39 is 0 Å². The zero-order valence-corrected chi connectivity index (χ0v) is 12.0. The Morgan fingerprint density at radius 2 is 1.89 bits per heavy atom. The lowest BCUT2D eigenvalue weighted by atomic mass is 10.1. The molecule has 19 heavy (non-hydrogen) atoms. The Kier molecular flexibility index (Phi) is 5.05. The van der Waals surface area contributed by atoms with E-state index in [0.717, 1.165) is 32.0 Å². The molecule has 1 aromatic rings. The summed E-state index contributed by atoms with van der Waals surface area (Å²) in [5, 5.41) is 0. The van der Waals surface area contributed by atoms with Crippen molar-refractivity contribution in [2.45, 2.75) is 6.92 Å². The van der Waals surface area contributed by atoms with Gasteiger partial charge in [0.25, 0.3) is 0 Å². The number of anilines is 1. The lowest BCUT2D eigenvalue weighted by Crippen LogP contribution is -2.46. The van der Waals surface area contributed by atoms with Crippen LogP contribution in [0, 0.1) is 5.92 Å². The SMILES string of the molecule is CC(COc1ccccc1N)CN1CCN(C)CC1. The molecule has 1 unspecified atom stereocenters. The number of benzene rings is 1. The van der Waals surface area contributed by atoms with E-state index in [1.807, 2.05) is 24.3 Å². The van der Waals surface area contributed by atoms with Crippen molar-refractivity contribution in [2.24, 2.45) is 5.92 Å². The lowest BCUT2D eigenvalue weighted by Gasteiger charge is -2.33. The summed E-state index contributed by atoms with van der Waals surface area (Å²) in [6.07, 6.45) is 0. The molecule has 1 fully saturated rings. The van der Waals surface area contributed by atoms with Crippen LogP contribution in [0.5, 0.6) is 5.75 Å². The fraction of sp³-hybridized carbons (Fsp3) is 0.600. The van der Waals surface area contributed by atoms with Gasteiger partial charge in [-0.3, -0.25) is 0 Å². The molecular formula is C15H25N3O. The van der Waals surface area contributed by atoms with Crippen LogP contribution in [0.1, 0.15) is 6.92 Å². The first-order valence-electron chi connectivity index (χ1n) is 7.03. The van der Waals surface area contributed by atoms with Gasteiger partial charge in [-0.2, -0.15) is 0 Å². The summed E-state index contributed by atoms with van der Waals surface area (Å²) in [4.78, 5) is 4.89. The van der Waals surface area contributed by atoms with Crippen molar-refractivity contribution in [1.29, 1.82) is 0 Å². The van der Waals surface area contributed by atoms with Gasteiger partial charge in [0.1, 0.15) is 5.75 Å². The summed E-state index contributed by atoms with van der Waals surface area (Å²) in [5.74, 6) is 1.32. The molecule has 1 aromatic carbocycles. The zero-order valence-electron chi connectivity index (χ0n) is 12.0. The monoisotopic (exact) mass is 263 g/mol. The molecule has 0 saturated carbocycles. The molecule has 0 radical (unpaired) electrons. The smallest absolute Gasteiger partial charge is 0.142 e. The maximum absolute atomic E-state index is 5.87. The lowest BCUT2D eigenvalue weighted by molar-refractivity contribution is 0.123. The number of hydrogen-bond donors (Lipinski definition) is 1. The van der Waals surface area contributed by atoms with Crippen LogP contribution < -0.4 is 10.5 Å². The number of nitrogen functional groups attached to an aromatic ring is 1. The zero-order chi connectivity index (χ0) is 13.7. The number of hydrogen-bond acceptors (Lipinski definition) is 4. The number of ether oxygens (including phenoxy) is 1. The topological polar surface area (TPSA) is 41.7 Å². The highest BCUT2D eigenvalue weighted by atomic mass is 16.5. The Labute approximate surface area is 116 Å². The van der Waals surface area contributed by atoms with E-state index in [9.17, 15) is 0 Å². The van der Waals surface area contributed by atoms with Gasteiger partial charge in [-0.15, -0.1) is 0 Å². The summed E-state index contributed by atoms with van der Waals surface area (Å²) in [5.41, 5.74) is 6.58. The number of rotatable bonds is 5. The van der Waals surface area contributed by atoms with Gasteiger partial charge in [0, 0.05) is 38.6 Å². The minimum Gasteiger partial charge on any atom is -0.491 e. The average molecular weight is 263 g/mol. The molecule has 1 aliphatic rings. The predicted octanol–water partition coefficient (Wildman–Crippen LogP) is 1.53. The first-order chi connectivity index (χ1) is 9.15. The number of likely N-dealkylation sites (N-methyl/N-ethyl adjacent to an activating group) is 1. The van der Waals surface area contributed by atoms with Gasteiger partial charge in [-0.1, -0.05) is 19.1 Å². The molecule has 1 saturated heterocycles. The summed E-state index contributed by atoms with van der Waals surface area (Å²) < 4.78 is 5.80. The van der Waals surface area contributed by atoms with Crippen molar-refractivity contribution in [3.8, 4) is 5.75 Å². The molecule has 2 N–H and O–H groups in total. The second-order valence-corrected chi connectivity index (χ2v) is 5.56. The van der Waals surface area contributed by atoms with E-state index in [2.05, 4.69) is 23.8 Å². The van der Waals surface area contributed by atoms with Gasteiger partial charge in [-0.05, 0) is 19.2 Å². The molecular weight excluding hydrogens is 238 g/mol. The Balaban J connectivity index is 1.73. The predicted molar refractivity (Wildman–Crippen MR) is 79.5 cm³/mol. The molecule has 0 aromatic heterocycles. The fourth-order valence-corrected chi connectivity index (χ4v) is 2.37. The van der Waals surface area contributed by atoms with E-state index in [4.69, 9.17) is 10.5 Å². The van der Waals surface area contributed by atoms with Gasteiger partial charge >= 0.3 is 0 Å². The third-order valence-corrected chi connectivity index (χ3v) is 3.61. The summed E-state index contributed by atoms with van der Waals surface area (Å²) in [6, 6.07) is 7.69. The van der Waals surface area contributed by atoms with E-state index in [-0.39, 0.29) is 0 Å². The molecule has 0 spiro atoms. The van der Waals surface area contributed by atoms with Crippen LogP contribution in [0.4, 0.5) is 5.69 Å². The first kappa shape index (κ1) is 14.2. The molecule has 0 amide bonds. The maximum Gasteiger partial charge on any atom is 0.142 e. The molecule has 1 heterocycles. The van der Waals surface area contributed by atoms with Crippen LogP contribution >= 0.6 is 0 Å². The number of nitrogens with zero attached hydrogens (tertiary/aromatic N) is 2. The Hall–Kier alpha value is -1.26. The molecule has 106 valence electrons. The fourth-order valence-electron chi connectivity index (χ4n) is 2.37. The van der Waals surface area contributed by atoms with Crippen LogP contribution in [-0.4, -0.2) is 56.2 Å².